The van der Waals surface area contributed by atoms with Gasteiger partial charge < -0.3 is 10.1 Å². The van der Waals surface area contributed by atoms with Gasteiger partial charge in [0.25, 0.3) is 0 Å². The molecule has 24 heavy (non-hydrogen) atoms. The molecule has 1 aliphatic rings. The molecular formula is C17H20N2O5. The second kappa shape index (κ2) is 6.82. The Morgan fingerprint density at radius 1 is 1.21 bits per heavy atom. The summed E-state index contributed by atoms with van der Waals surface area (Å²) in [5.41, 5.74) is 0.114. The number of urea groups is 1. The lowest BCUT2D eigenvalue weighted by atomic mass is 9.91. The zero-order valence-electron chi connectivity index (χ0n) is 13.9. The van der Waals surface area contributed by atoms with Gasteiger partial charge in [-0.05, 0) is 11.6 Å². The molecule has 0 bridgehead atoms. The summed E-state index contributed by atoms with van der Waals surface area (Å²) in [6, 6.07) is 6.03. The number of ketones is 1. The molecule has 0 saturated carbocycles. The van der Waals surface area contributed by atoms with Crippen LogP contribution >= 0.6 is 0 Å². The summed E-state index contributed by atoms with van der Waals surface area (Å²) in [7, 11) is 0. The van der Waals surface area contributed by atoms with E-state index in [1.54, 1.807) is 39.0 Å². The summed E-state index contributed by atoms with van der Waals surface area (Å²) in [6.07, 6.45) is 0. The van der Waals surface area contributed by atoms with Crippen molar-refractivity contribution >= 4 is 23.7 Å². The minimum Gasteiger partial charge on any atom is -0.454 e. The van der Waals surface area contributed by atoms with Crippen LogP contribution in [0.2, 0.25) is 0 Å². The van der Waals surface area contributed by atoms with Crippen molar-refractivity contribution in [2.24, 2.45) is 5.41 Å². The molecule has 2 rings (SSSR count). The molecule has 0 aliphatic carbocycles. The molecule has 7 heteroatoms. The lowest BCUT2D eigenvalue weighted by molar-refractivity contribution is -0.129. The second-order valence-electron chi connectivity index (χ2n) is 6.55. The van der Waals surface area contributed by atoms with Crippen LogP contribution in [-0.4, -0.2) is 41.7 Å². The average Bonchev–Trinajstić information content (AvgIpc) is 2.83. The van der Waals surface area contributed by atoms with Gasteiger partial charge in [0, 0.05) is 5.41 Å². The Morgan fingerprint density at radius 2 is 1.88 bits per heavy atom. The van der Waals surface area contributed by atoms with Crippen molar-refractivity contribution in [3.63, 3.8) is 0 Å². The number of esters is 1. The molecule has 0 atom stereocenters. The quantitative estimate of drug-likeness (QED) is 0.652. The van der Waals surface area contributed by atoms with Crippen LogP contribution in [0.5, 0.6) is 0 Å². The first kappa shape index (κ1) is 17.7. The summed E-state index contributed by atoms with van der Waals surface area (Å²) in [6.45, 7) is 4.84. The van der Waals surface area contributed by atoms with E-state index < -0.39 is 17.4 Å². The molecule has 1 aromatic carbocycles. The topological polar surface area (TPSA) is 92.8 Å². The van der Waals surface area contributed by atoms with Crippen molar-refractivity contribution in [3.05, 3.63) is 35.4 Å². The maximum atomic E-state index is 12.3. The Kier molecular flexibility index (Phi) is 5.02. The third kappa shape index (κ3) is 3.98. The lowest BCUT2D eigenvalue weighted by Crippen LogP contribution is -2.31. The van der Waals surface area contributed by atoms with Crippen LogP contribution in [0.3, 0.4) is 0 Å². The molecule has 0 unspecified atom stereocenters. The predicted molar refractivity (Wildman–Crippen MR) is 85.1 cm³/mol. The first-order chi connectivity index (χ1) is 11.2. The highest BCUT2D eigenvalue weighted by Gasteiger charge is 2.30. The van der Waals surface area contributed by atoms with Gasteiger partial charge in [-0.3, -0.25) is 14.5 Å². The number of rotatable bonds is 5. The number of ether oxygens (including phenoxy) is 1. The van der Waals surface area contributed by atoms with Crippen LogP contribution in [-0.2, 0) is 20.9 Å². The monoisotopic (exact) mass is 332 g/mol. The first-order valence-electron chi connectivity index (χ1n) is 7.56. The van der Waals surface area contributed by atoms with Crippen LogP contribution in [0.4, 0.5) is 4.79 Å². The lowest BCUT2D eigenvalue weighted by Gasteiger charge is -2.17. The Hall–Kier alpha value is -2.70. The predicted octanol–water partition coefficient (Wildman–Crippen LogP) is 1.51. The maximum Gasteiger partial charge on any atom is 0.338 e. The van der Waals surface area contributed by atoms with Gasteiger partial charge in [0.2, 0.25) is 5.91 Å². The minimum atomic E-state index is -0.657. The fraction of sp³-hybridized carbons (Fsp3) is 0.412. The number of nitrogens with one attached hydrogen (secondary N) is 1. The number of amides is 3. The van der Waals surface area contributed by atoms with Crippen molar-refractivity contribution in [1.29, 1.82) is 0 Å². The highest BCUT2D eigenvalue weighted by Crippen LogP contribution is 2.17. The molecule has 0 spiro atoms. The Morgan fingerprint density at radius 3 is 2.46 bits per heavy atom. The molecule has 1 aromatic rings. The summed E-state index contributed by atoms with van der Waals surface area (Å²) in [5.74, 6) is -1.20. The molecule has 0 aromatic heterocycles. The van der Waals surface area contributed by atoms with Gasteiger partial charge in [-0.1, -0.05) is 39.0 Å². The number of carbonyl (C=O) groups excluding carboxylic acids is 4. The van der Waals surface area contributed by atoms with Gasteiger partial charge >= 0.3 is 12.0 Å². The molecule has 1 N–H and O–H groups in total. The summed E-state index contributed by atoms with van der Waals surface area (Å²) < 4.78 is 5.08. The molecule has 3 amide bonds. The minimum absolute atomic E-state index is 0.0246. The number of Topliss-reactive ketones (excluding diaryl/α,β-unsaturated/α-hetero) is 1. The zero-order chi connectivity index (χ0) is 17.9. The average molecular weight is 332 g/mol. The number of nitrogens with zero attached hydrogens (tertiary/aromatic N) is 1. The standard InChI is InChI=1S/C17H20N2O5/c1-17(2,3)13(20)10-24-15(22)12-7-5-4-6-11(12)9-19-14(21)8-18-16(19)23/h4-7H,8-10H2,1-3H3,(H,18,23). The third-order valence-corrected chi connectivity index (χ3v) is 3.67. The van der Waals surface area contributed by atoms with E-state index in [-0.39, 0.29) is 37.0 Å². The SMILES string of the molecule is CC(C)(C)C(=O)COC(=O)c1ccccc1CN1C(=O)CNC1=O. The maximum absolute atomic E-state index is 12.3. The van der Waals surface area contributed by atoms with Gasteiger partial charge in [-0.2, -0.15) is 0 Å². The largest absolute Gasteiger partial charge is 0.454 e. The smallest absolute Gasteiger partial charge is 0.338 e. The van der Waals surface area contributed by atoms with E-state index in [4.69, 9.17) is 4.74 Å². The second-order valence-corrected chi connectivity index (χ2v) is 6.55. The molecule has 1 heterocycles. The molecule has 1 fully saturated rings. The normalized spacial score (nSPS) is 14.5. The molecule has 0 radical (unpaired) electrons. The Balaban J connectivity index is 2.11. The Bertz CT molecular complexity index is 674. The molecule has 128 valence electrons. The van der Waals surface area contributed by atoms with E-state index in [0.29, 0.717) is 5.56 Å². The van der Waals surface area contributed by atoms with E-state index in [2.05, 4.69) is 5.32 Å². The number of benzene rings is 1. The van der Waals surface area contributed by atoms with E-state index in [1.165, 1.54) is 6.07 Å². The summed E-state index contributed by atoms with van der Waals surface area (Å²) in [5, 5.41) is 2.42. The van der Waals surface area contributed by atoms with Crippen molar-refractivity contribution in [1.82, 2.24) is 10.2 Å². The molecule has 1 saturated heterocycles. The molecule has 7 nitrogen and oxygen atoms in total. The first-order valence-corrected chi connectivity index (χ1v) is 7.56. The van der Waals surface area contributed by atoms with Crippen molar-refractivity contribution < 1.29 is 23.9 Å². The summed E-state index contributed by atoms with van der Waals surface area (Å²) >= 11 is 0. The van der Waals surface area contributed by atoms with Crippen LogP contribution in [0.1, 0.15) is 36.7 Å². The van der Waals surface area contributed by atoms with Crippen LogP contribution < -0.4 is 5.32 Å². The van der Waals surface area contributed by atoms with Gasteiger partial charge in [0.1, 0.15) is 0 Å². The fourth-order valence-electron chi connectivity index (χ4n) is 2.07. The zero-order valence-corrected chi connectivity index (χ0v) is 13.9. The highest BCUT2D eigenvalue weighted by atomic mass is 16.5. The van der Waals surface area contributed by atoms with Gasteiger partial charge in [-0.25, -0.2) is 9.59 Å². The Labute approximate surface area is 140 Å². The number of hydrogen-bond acceptors (Lipinski definition) is 5. The van der Waals surface area contributed by atoms with E-state index in [1.807, 2.05) is 0 Å². The van der Waals surface area contributed by atoms with E-state index >= 15 is 0 Å². The van der Waals surface area contributed by atoms with Crippen molar-refractivity contribution in [2.75, 3.05) is 13.2 Å². The van der Waals surface area contributed by atoms with E-state index in [0.717, 1.165) is 4.90 Å². The van der Waals surface area contributed by atoms with Gasteiger partial charge in [0.15, 0.2) is 12.4 Å². The fourth-order valence-corrected chi connectivity index (χ4v) is 2.07. The van der Waals surface area contributed by atoms with Crippen molar-refractivity contribution in [2.45, 2.75) is 27.3 Å². The highest BCUT2D eigenvalue weighted by molar-refractivity contribution is 6.02. The van der Waals surface area contributed by atoms with Crippen LogP contribution in [0.25, 0.3) is 0 Å². The van der Waals surface area contributed by atoms with Crippen LogP contribution in [0.15, 0.2) is 24.3 Å². The third-order valence-electron chi connectivity index (χ3n) is 3.67. The van der Waals surface area contributed by atoms with Gasteiger partial charge in [-0.15, -0.1) is 0 Å². The molecule has 1 aliphatic heterocycles. The number of hydrogen-bond donors (Lipinski definition) is 1. The number of carbonyl (C=O) groups is 4. The molecular weight excluding hydrogens is 312 g/mol. The van der Waals surface area contributed by atoms with E-state index in [9.17, 15) is 19.2 Å². The van der Waals surface area contributed by atoms with Crippen LogP contribution in [0, 0.1) is 5.41 Å². The summed E-state index contributed by atoms with van der Waals surface area (Å²) in [4.78, 5) is 48.5. The van der Waals surface area contributed by atoms with Gasteiger partial charge in [0.05, 0.1) is 18.7 Å². The number of imide groups is 1. The van der Waals surface area contributed by atoms with Crippen molar-refractivity contribution in [3.8, 4) is 0 Å².